The summed E-state index contributed by atoms with van der Waals surface area (Å²) in [6.45, 7) is 7.79. The second kappa shape index (κ2) is 8.28. The zero-order chi connectivity index (χ0) is 22.2. The van der Waals surface area contributed by atoms with Gasteiger partial charge >= 0.3 is 0 Å². The molecule has 2 aromatic carbocycles. The summed E-state index contributed by atoms with van der Waals surface area (Å²) in [5.41, 5.74) is 6.33. The van der Waals surface area contributed by atoms with Crippen molar-refractivity contribution in [3.63, 3.8) is 0 Å². The Bertz CT molecular complexity index is 1350. The predicted molar refractivity (Wildman–Crippen MR) is 128 cm³/mol. The van der Waals surface area contributed by atoms with Gasteiger partial charge < -0.3 is 19.2 Å². The third-order valence-electron chi connectivity index (χ3n) is 6.24. The third kappa shape index (κ3) is 3.71. The molecule has 32 heavy (non-hydrogen) atoms. The van der Waals surface area contributed by atoms with Crippen molar-refractivity contribution >= 4 is 22.5 Å². The standard InChI is InChI=1S/C26H28N4O2/c1-18-13-19(2)15-20(14-18)17-30-24-16-21(25(31)28-10-4-8-27-9-12-28)6-7-22(24)29-11-3-5-23(29)26(30)32/h3,5-7,11,13-16,27H,4,8-10,12,17H2,1-2H3. The number of fused-ring (bicyclic) bond motifs is 3. The first kappa shape index (κ1) is 20.5. The lowest BCUT2D eigenvalue weighted by Crippen LogP contribution is -2.34. The number of hydrogen-bond acceptors (Lipinski definition) is 3. The maximum absolute atomic E-state index is 13.4. The van der Waals surface area contributed by atoms with Crippen LogP contribution in [0.1, 0.15) is 33.5 Å². The first-order chi connectivity index (χ1) is 15.5. The van der Waals surface area contributed by atoms with Crippen molar-refractivity contribution in [3.05, 3.63) is 87.3 Å². The highest BCUT2D eigenvalue weighted by atomic mass is 16.2. The van der Waals surface area contributed by atoms with E-state index in [4.69, 9.17) is 0 Å². The Morgan fingerprint density at radius 3 is 2.56 bits per heavy atom. The molecular weight excluding hydrogens is 400 g/mol. The van der Waals surface area contributed by atoms with E-state index in [0.29, 0.717) is 24.2 Å². The molecule has 0 bridgehead atoms. The van der Waals surface area contributed by atoms with E-state index in [1.807, 2.05) is 45.8 Å². The molecule has 0 saturated carbocycles. The Labute approximate surface area is 187 Å². The van der Waals surface area contributed by atoms with Gasteiger partial charge in [-0.2, -0.15) is 0 Å². The molecule has 0 aliphatic carbocycles. The zero-order valence-electron chi connectivity index (χ0n) is 18.6. The number of carbonyl (C=O) groups is 1. The first-order valence-corrected chi connectivity index (χ1v) is 11.2. The van der Waals surface area contributed by atoms with Crippen LogP contribution in [-0.2, 0) is 6.54 Å². The van der Waals surface area contributed by atoms with E-state index in [2.05, 4.69) is 37.4 Å². The fourth-order valence-corrected chi connectivity index (χ4v) is 4.82. The van der Waals surface area contributed by atoms with Crippen molar-refractivity contribution in [3.8, 4) is 0 Å². The number of hydrogen-bond donors (Lipinski definition) is 1. The van der Waals surface area contributed by atoms with Gasteiger partial charge in [0.25, 0.3) is 11.5 Å². The number of nitrogens with one attached hydrogen (secondary N) is 1. The van der Waals surface area contributed by atoms with Gasteiger partial charge in [0.05, 0.1) is 17.6 Å². The molecule has 4 aromatic rings. The highest BCUT2D eigenvalue weighted by Crippen LogP contribution is 2.20. The lowest BCUT2D eigenvalue weighted by molar-refractivity contribution is 0.0766. The molecule has 6 heteroatoms. The minimum Gasteiger partial charge on any atom is -0.337 e. The number of benzene rings is 2. The van der Waals surface area contributed by atoms with E-state index >= 15 is 0 Å². The lowest BCUT2D eigenvalue weighted by atomic mass is 10.1. The molecule has 6 nitrogen and oxygen atoms in total. The Kier molecular flexibility index (Phi) is 5.31. The molecule has 3 heterocycles. The van der Waals surface area contributed by atoms with Gasteiger partial charge in [0, 0.05) is 31.4 Å². The quantitative estimate of drug-likeness (QED) is 0.544. The van der Waals surface area contributed by atoms with Gasteiger partial charge in [-0.15, -0.1) is 0 Å². The smallest absolute Gasteiger partial charge is 0.275 e. The number of nitrogens with zero attached hydrogens (tertiary/aromatic N) is 3. The molecule has 1 amide bonds. The Morgan fingerprint density at radius 1 is 0.938 bits per heavy atom. The van der Waals surface area contributed by atoms with Crippen molar-refractivity contribution in [2.24, 2.45) is 0 Å². The molecule has 1 aliphatic rings. The minimum absolute atomic E-state index is 0.0219. The van der Waals surface area contributed by atoms with Crippen LogP contribution in [0.5, 0.6) is 0 Å². The fourth-order valence-electron chi connectivity index (χ4n) is 4.82. The Morgan fingerprint density at radius 2 is 1.75 bits per heavy atom. The molecule has 1 fully saturated rings. The van der Waals surface area contributed by atoms with Crippen molar-refractivity contribution in [2.45, 2.75) is 26.8 Å². The minimum atomic E-state index is -0.0507. The van der Waals surface area contributed by atoms with Gasteiger partial charge in [0.2, 0.25) is 0 Å². The van der Waals surface area contributed by atoms with Crippen LogP contribution in [0.3, 0.4) is 0 Å². The average Bonchev–Trinajstić information content (AvgIpc) is 3.11. The number of aryl methyl sites for hydroxylation is 2. The van der Waals surface area contributed by atoms with Crippen LogP contribution < -0.4 is 10.9 Å². The summed E-state index contributed by atoms with van der Waals surface area (Å²) >= 11 is 0. The molecule has 0 radical (unpaired) electrons. The summed E-state index contributed by atoms with van der Waals surface area (Å²) in [4.78, 5) is 28.6. The second-order valence-corrected chi connectivity index (χ2v) is 8.75. The van der Waals surface area contributed by atoms with Gasteiger partial charge in [0.1, 0.15) is 5.52 Å². The van der Waals surface area contributed by atoms with Gasteiger partial charge in [-0.25, -0.2) is 0 Å². The second-order valence-electron chi connectivity index (χ2n) is 8.75. The average molecular weight is 429 g/mol. The highest BCUT2D eigenvalue weighted by molar-refractivity contribution is 5.97. The van der Waals surface area contributed by atoms with Gasteiger partial charge in [-0.1, -0.05) is 29.3 Å². The zero-order valence-corrected chi connectivity index (χ0v) is 18.6. The molecule has 164 valence electrons. The van der Waals surface area contributed by atoms with Crippen LogP contribution >= 0.6 is 0 Å². The molecule has 1 aliphatic heterocycles. The highest BCUT2D eigenvalue weighted by Gasteiger charge is 2.19. The summed E-state index contributed by atoms with van der Waals surface area (Å²) in [7, 11) is 0. The summed E-state index contributed by atoms with van der Waals surface area (Å²) in [5.74, 6) is 0.0219. The Balaban J connectivity index is 1.66. The lowest BCUT2D eigenvalue weighted by Gasteiger charge is -2.21. The van der Waals surface area contributed by atoms with Crippen LogP contribution in [0.15, 0.2) is 59.5 Å². The predicted octanol–water partition coefficient (Wildman–Crippen LogP) is 3.35. The van der Waals surface area contributed by atoms with Crippen LogP contribution in [0, 0.1) is 13.8 Å². The van der Waals surface area contributed by atoms with Crippen molar-refractivity contribution < 1.29 is 4.79 Å². The number of aromatic nitrogens is 2. The van der Waals surface area contributed by atoms with Crippen LogP contribution in [0.25, 0.3) is 16.6 Å². The largest absolute Gasteiger partial charge is 0.337 e. The fraction of sp³-hybridized carbons (Fsp3) is 0.308. The number of rotatable bonds is 3. The maximum atomic E-state index is 13.4. The molecule has 0 atom stereocenters. The van der Waals surface area contributed by atoms with E-state index < -0.39 is 0 Å². The van der Waals surface area contributed by atoms with Gasteiger partial charge in [-0.05, 0) is 62.7 Å². The van der Waals surface area contributed by atoms with Gasteiger partial charge in [0.15, 0.2) is 0 Å². The van der Waals surface area contributed by atoms with E-state index in [1.165, 1.54) is 11.1 Å². The monoisotopic (exact) mass is 428 g/mol. The van der Waals surface area contributed by atoms with E-state index in [0.717, 1.165) is 42.7 Å². The topological polar surface area (TPSA) is 58.8 Å². The Hall–Kier alpha value is -3.38. The van der Waals surface area contributed by atoms with E-state index in [-0.39, 0.29) is 11.5 Å². The molecule has 2 aromatic heterocycles. The molecule has 5 rings (SSSR count). The van der Waals surface area contributed by atoms with Crippen molar-refractivity contribution in [1.29, 1.82) is 0 Å². The summed E-state index contributed by atoms with van der Waals surface area (Å²) in [5, 5.41) is 3.34. The number of carbonyl (C=O) groups excluding carboxylic acids is 1. The van der Waals surface area contributed by atoms with Crippen LogP contribution in [0.4, 0.5) is 0 Å². The molecule has 0 unspecified atom stereocenters. The molecule has 1 saturated heterocycles. The molecule has 1 N–H and O–H groups in total. The number of amides is 1. The van der Waals surface area contributed by atoms with Crippen LogP contribution in [0.2, 0.25) is 0 Å². The molecular formula is C26H28N4O2. The van der Waals surface area contributed by atoms with Gasteiger partial charge in [-0.3, -0.25) is 9.59 Å². The molecule has 0 spiro atoms. The maximum Gasteiger partial charge on any atom is 0.275 e. The normalized spacial score (nSPS) is 14.8. The van der Waals surface area contributed by atoms with Crippen molar-refractivity contribution in [1.82, 2.24) is 19.2 Å². The summed E-state index contributed by atoms with van der Waals surface area (Å²) in [6.07, 6.45) is 2.85. The van der Waals surface area contributed by atoms with E-state index in [9.17, 15) is 9.59 Å². The van der Waals surface area contributed by atoms with Crippen LogP contribution in [-0.4, -0.2) is 46.0 Å². The first-order valence-electron chi connectivity index (χ1n) is 11.2. The summed E-state index contributed by atoms with van der Waals surface area (Å²) in [6, 6.07) is 15.8. The summed E-state index contributed by atoms with van der Waals surface area (Å²) < 4.78 is 3.72. The van der Waals surface area contributed by atoms with Crippen molar-refractivity contribution in [2.75, 3.05) is 26.2 Å². The third-order valence-corrected chi connectivity index (χ3v) is 6.24. The SMILES string of the molecule is Cc1cc(C)cc(Cn2c(=O)c3cccn3c3ccc(C(=O)N4CCCNCC4)cc32)c1. The van der Waals surface area contributed by atoms with E-state index in [1.54, 1.807) is 4.57 Å².